The molecule has 192 valence electrons. The molecule has 3 aromatic heterocycles. The van der Waals surface area contributed by atoms with Crippen molar-refractivity contribution in [1.29, 1.82) is 0 Å². The molecule has 2 N–H and O–H groups in total. The molecule has 0 saturated carbocycles. The number of rotatable bonds is 6. The standard InChI is InChI=1S/C24H24F4N6O.ClH/c1-2-35-20-10-19-15(9-17(20)25)3-5-18(30-19)23-32-31-21-6-4-16(13-34(21)23)22(24(26,27)28)33-8-7-14(11-29)12-33;/h3-6,9-10,13-14,22H,2,7-8,11-12,29H2,1H3;1H/t14-,22+;/m1./s1. The summed E-state index contributed by atoms with van der Waals surface area (Å²) < 4.78 is 63.6. The summed E-state index contributed by atoms with van der Waals surface area (Å²) in [6.07, 6.45) is -2.42. The third-order valence-corrected chi connectivity index (χ3v) is 6.34. The number of hydrogen-bond acceptors (Lipinski definition) is 6. The molecule has 5 rings (SSSR count). The second-order valence-corrected chi connectivity index (χ2v) is 8.65. The lowest BCUT2D eigenvalue weighted by molar-refractivity contribution is -0.184. The Morgan fingerprint density at radius 1 is 1.17 bits per heavy atom. The van der Waals surface area contributed by atoms with E-state index in [4.69, 9.17) is 10.5 Å². The predicted molar refractivity (Wildman–Crippen MR) is 130 cm³/mol. The molecule has 0 radical (unpaired) electrons. The quantitative estimate of drug-likeness (QED) is 0.365. The Morgan fingerprint density at radius 3 is 2.67 bits per heavy atom. The van der Waals surface area contributed by atoms with Crippen LogP contribution in [0.4, 0.5) is 17.6 Å². The number of pyridine rings is 2. The minimum absolute atomic E-state index is 0. The highest BCUT2D eigenvalue weighted by Gasteiger charge is 2.46. The molecule has 2 atom stereocenters. The highest BCUT2D eigenvalue weighted by Crippen LogP contribution is 2.40. The average Bonchev–Trinajstić information content (AvgIpc) is 3.46. The molecule has 1 aliphatic rings. The molecule has 0 aliphatic carbocycles. The molecule has 0 unspecified atom stereocenters. The van der Waals surface area contributed by atoms with Crippen LogP contribution < -0.4 is 10.5 Å². The summed E-state index contributed by atoms with van der Waals surface area (Å²) in [7, 11) is 0. The predicted octanol–water partition coefficient (Wildman–Crippen LogP) is 4.79. The van der Waals surface area contributed by atoms with Crippen molar-refractivity contribution in [3.63, 3.8) is 0 Å². The fraction of sp³-hybridized carbons (Fsp3) is 0.375. The number of nitrogens with two attached hydrogens (primary N) is 1. The van der Waals surface area contributed by atoms with E-state index in [2.05, 4.69) is 15.2 Å². The van der Waals surface area contributed by atoms with Crippen LogP contribution >= 0.6 is 12.4 Å². The monoisotopic (exact) mass is 524 g/mol. The summed E-state index contributed by atoms with van der Waals surface area (Å²) in [4.78, 5) is 5.99. The van der Waals surface area contributed by atoms with Gasteiger partial charge in [0.2, 0.25) is 0 Å². The van der Waals surface area contributed by atoms with Crippen molar-refractivity contribution >= 4 is 29.0 Å². The summed E-state index contributed by atoms with van der Waals surface area (Å²) in [6, 6.07) is 7.33. The fourth-order valence-electron chi connectivity index (χ4n) is 4.65. The Morgan fingerprint density at radius 2 is 1.97 bits per heavy atom. The van der Waals surface area contributed by atoms with Gasteiger partial charge in [-0.3, -0.25) is 9.30 Å². The number of benzene rings is 1. The zero-order valence-electron chi connectivity index (χ0n) is 19.4. The van der Waals surface area contributed by atoms with Gasteiger partial charge >= 0.3 is 6.18 Å². The maximum Gasteiger partial charge on any atom is 0.408 e. The number of alkyl halides is 3. The maximum atomic E-state index is 14.2. The summed E-state index contributed by atoms with van der Waals surface area (Å²) in [6.45, 7) is 3.02. The molecular weight excluding hydrogens is 500 g/mol. The first-order valence-corrected chi connectivity index (χ1v) is 11.4. The first-order valence-electron chi connectivity index (χ1n) is 11.4. The van der Waals surface area contributed by atoms with Gasteiger partial charge in [-0.1, -0.05) is 12.1 Å². The fourth-order valence-corrected chi connectivity index (χ4v) is 4.65. The number of likely N-dealkylation sites (tertiary alicyclic amines) is 1. The molecule has 1 aliphatic heterocycles. The van der Waals surface area contributed by atoms with Crippen LogP contribution in [-0.4, -0.2) is 56.9 Å². The van der Waals surface area contributed by atoms with Crippen LogP contribution in [0, 0.1) is 11.7 Å². The van der Waals surface area contributed by atoms with E-state index in [9.17, 15) is 17.6 Å². The van der Waals surface area contributed by atoms with Gasteiger partial charge in [-0.15, -0.1) is 22.6 Å². The van der Waals surface area contributed by atoms with Crippen molar-refractivity contribution in [3.8, 4) is 17.3 Å². The third kappa shape index (κ3) is 4.82. The van der Waals surface area contributed by atoms with E-state index in [1.54, 1.807) is 19.1 Å². The summed E-state index contributed by atoms with van der Waals surface area (Å²) >= 11 is 0. The van der Waals surface area contributed by atoms with E-state index in [-0.39, 0.29) is 35.5 Å². The number of hydrogen-bond donors (Lipinski definition) is 1. The molecule has 4 heterocycles. The average molecular weight is 525 g/mol. The summed E-state index contributed by atoms with van der Waals surface area (Å²) in [5.41, 5.74) is 7.04. The largest absolute Gasteiger partial charge is 0.491 e. The van der Waals surface area contributed by atoms with Gasteiger partial charge in [0.05, 0.1) is 12.1 Å². The Bertz CT molecular complexity index is 1380. The molecule has 0 spiro atoms. The lowest BCUT2D eigenvalue weighted by Gasteiger charge is -2.30. The Balaban J connectivity index is 0.00000304. The van der Waals surface area contributed by atoms with Gasteiger partial charge in [0.15, 0.2) is 23.0 Å². The van der Waals surface area contributed by atoms with Gasteiger partial charge in [0, 0.05) is 24.2 Å². The topological polar surface area (TPSA) is 81.6 Å². The van der Waals surface area contributed by atoms with Gasteiger partial charge in [-0.25, -0.2) is 9.37 Å². The minimum Gasteiger partial charge on any atom is -0.491 e. The zero-order valence-corrected chi connectivity index (χ0v) is 20.2. The van der Waals surface area contributed by atoms with Crippen molar-refractivity contribution in [3.05, 3.63) is 54.0 Å². The number of ether oxygens (including phenoxy) is 1. The zero-order chi connectivity index (χ0) is 24.7. The molecule has 0 amide bonds. The van der Waals surface area contributed by atoms with Crippen LogP contribution in [0.1, 0.15) is 24.9 Å². The molecule has 1 fully saturated rings. The van der Waals surface area contributed by atoms with Crippen molar-refractivity contribution in [2.24, 2.45) is 11.7 Å². The lowest BCUT2D eigenvalue weighted by atomic mass is 10.1. The van der Waals surface area contributed by atoms with Crippen molar-refractivity contribution in [2.75, 3.05) is 26.2 Å². The number of fused-ring (bicyclic) bond motifs is 2. The van der Waals surface area contributed by atoms with Crippen molar-refractivity contribution in [1.82, 2.24) is 24.5 Å². The first kappa shape index (κ1) is 26.1. The van der Waals surface area contributed by atoms with Crippen LogP contribution in [0.5, 0.6) is 5.75 Å². The van der Waals surface area contributed by atoms with Crippen LogP contribution in [-0.2, 0) is 0 Å². The second-order valence-electron chi connectivity index (χ2n) is 8.65. The van der Waals surface area contributed by atoms with Crippen LogP contribution in [0.25, 0.3) is 28.1 Å². The molecule has 1 saturated heterocycles. The molecular formula is C24H25ClF4N6O. The molecule has 7 nitrogen and oxygen atoms in total. The van der Waals surface area contributed by atoms with Crippen molar-refractivity contribution < 1.29 is 22.3 Å². The minimum atomic E-state index is -4.47. The highest BCUT2D eigenvalue weighted by atomic mass is 35.5. The first-order chi connectivity index (χ1) is 16.8. The second kappa shape index (κ2) is 10.2. The van der Waals surface area contributed by atoms with E-state index in [1.165, 1.54) is 39.8 Å². The maximum absolute atomic E-state index is 14.2. The number of aromatic nitrogens is 4. The van der Waals surface area contributed by atoms with E-state index in [1.807, 2.05) is 0 Å². The van der Waals surface area contributed by atoms with Gasteiger partial charge in [-0.2, -0.15) is 13.2 Å². The molecule has 1 aromatic carbocycles. The Kier molecular flexibility index (Phi) is 7.35. The van der Waals surface area contributed by atoms with Gasteiger partial charge in [-0.05, 0) is 56.1 Å². The van der Waals surface area contributed by atoms with Crippen LogP contribution in [0.3, 0.4) is 0 Å². The third-order valence-electron chi connectivity index (χ3n) is 6.34. The molecule has 12 heteroatoms. The van der Waals surface area contributed by atoms with E-state index in [0.717, 1.165) is 0 Å². The molecule has 4 aromatic rings. The molecule has 0 bridgehead atoms. The van der Waals surface area contributed by atoms with E-state index in [0.29, 0.717) is 54.9 Å². The van der Waals surface area contributed by atoms with Crippen LogP contribution in [0.15, 0.2) is 42.6 Å². The van der Waals surface area contributed by atoms with E-state index >= 15 is 0 Å². The Hall–Kier alpha value is -3.02. The highest BCUT2D eigenvalue weighted by molar-refractivity contribution is 5.85. The summed E-state index contributed by atoms with van der Waals surface area (Å²) in [5, 5.41) is 8.83. The smallest absolute Gasteiger partial charge is 0.408 e. The summed E-state index contributed by atoms with van der Waals surface area (Å²) in [5.74, 6) is -0.0913. The van der Waals surface area contributed by atoms with Gasteiger partial charge in [0.25, 0.3) is 0 Å². The molecule has 36 heavy (non-hydrogen) atoms. The number of halogens is 5. The number of nitrogens with zero attached hydrogens (tertiary/aromatic N) is 5. The van der Waals surface area contributed by atoms with Gasteiger partial charge < -0.3 is 10.5 Å². The van der Waals surface area contributed by atoms with E-state index < -0.39 is 18.0 Å². The van der Waals surface area contributed by atoms with Crippen molar-refractivity contribution in [2.45, 2.75) is 25.6 Å². The van der Waals surface area contributed by atoms with Gasteiger partial charge in [0.1, 0.15) is 11.7 Å². The van der Waals surface area contributed by atoms with Crippen LogP contribution in [0.2, 0.25) is 0 Å². The normalized spacial score (nSPS) is 17.4. The SMILES string of the molecule is CCOc1cc2nc(-c3nnc4ccc([C@H](N5CC[C@H](CN)C5)C(F)(F)F)cn34)ccc2cc1F.Cl. The lowest BCUT2D eigenvalue weighted by Crippen LogP contribution is -2.37. The Labute approximate surface area is 210 Å².